The van der Waals surface area contributed by atoms with Gasteiger partial charge in [0, 0.05) is 101 Å². The van der Waals surface area contributed by atoms with Gasteiger partial charge in [0.1, 0.15) is 0 Å². The van der Waals surface area contributed by atoms with Crippen molar-refractivity contribution in [3.63, 3.8) is 0 Å². The minimum absolute atomic E-state index is 0.223. The van der Waals surface area contributed by atoms with E-state index in [-0.39, 0.29) is 22.2 Å². The highest BCUT2D eigenvalue weighted by Gasteiger charge is 2.29. The van der Waals surface area contributed by atoms with Crippen molar-refractivity contribution in [2.75, 3.05) is 91.6 Å². The van der Waals surface area contributed by atoms with Crippen molar-refractivity contribution in [2.45, 2.75) is 112 Å². The van der Waals surface area contributed by atoms with Crippen molar-refractivity contribution in [3.05, 3.63) is 0 Å². The third-order valence-electron chi connectivity index (χ3n) is 8.77. The van der Waals surface area contributed by atoms with Crippen LogP contribution in [0.1, 0.15) is 89.5 Å². The summed E-state index contributed by atoms with van der Waals surface area (Å²) in [7, 11) is 0. The fourth-order valence-electron chi connectivity index (χ4n) is 5.85. The smallest absolute Gasteiger partial charge is 0.0126 e. The second kappa shape index (κ2) is 13.4. The van der Waals surface area contributed by atoms with Gasteiger partial charge in [0.2, 0.25) is 0 Å². The summed E-state index contributed by atoms with van der Waals surface area (Å²) in [5.74, 6) is 0. The maximum Gasteiger partial charge on any atom is 0.0126 e. The second-order valence-electron chi connectivity index (χ2n) is 15.7. The number of rotatable bonds is 4. The summed E-state index contributed by atoms with van der Waals surface area (Å²) in [6, 6.07) is 0. The van der Waals surface area contributed by atoms with E-state index in [0.717, 1.165) is 26.2 Å². The summed E-state index contributed by atoms with van der Waals surface area (Å²) in [6.07, 6.45) is 1.26. The highest BCUT2D eigenvalue weighted by molar-refractivity contribution is 4.86. The van der Waals surface area contributed by atoms with Crippen LogP contribution in [0.3, 0.4) is 0 Å². The molecule has 0 unspecified atom stereocenters. The summed E-state index contributed by atoms with van der Waals surface area (Å²) in [5.41, 5.74) is 0.891. The van der Waals surface area contributed by atoms with E-state index >= 15 is 0 Å². The van der Waals surface area contributed by atoms with Crippen LogP contribution in [0.25, 0.3) is 0 Å². The van der Waals surface area contributed by atoms with Crippen molar-refractivity contribution in [1.29, 1.82) is 0 Å². The van der Waals surface area contributed by atoms with Crippen LogP contribution in [0.2, 0.25) is 0 Å². The summed E-state index contributed by atoms with van der Waals surface area (Å²) in [4.78, 5) is 16.3. The Bertz CT molecular complexity index is 543. The Morgan fingerprint density at radius 1 is 0.324 bits per heavy atom. The monoisotopic (exact) mass is 523 g/mol. The molecule has 6 nitrogen and oxygen atoms in total. The van der Waals surface area contributed by atoms with Crippen molar-refractivity contribution >= 4 is 0 Å². The Morgan fingerprint density at radius 2 is 0.514 bits per heavy atom. The molecule has 0 atom stereocenters. The summed E-state index contributed by atoms with van der Waals surface area (Å²) >= 11 is 0. The topological polar surface area (TPSA) is 19.4 Å². The van der Waals surface area contributed by atoms with Gasteiger partial charge in [-0.05, 0) is 103 Å². The van der Waals surface area contributed by atoms with Gasteiger partial charge < -0.3 is 9.80 Å². The lowest BCUT2D eigenvalue weighted by atomic mass is 10.0. The predicted octanol–water partition coefficient (Wildman–Crippen LogP) is 4.41. The highest BCUT2D eigenvalue weighted by atomic mass is 15.3. The molecule has 2 saturated heterocycles. The molecule has 0 saturated carbocycles. The number of nitrogens with zero attached hydrogens (tertiary/aromatic N) is 6. The first-order valence-corrected chi connectivity index (χ1v) is 15.3. The van der Waals surface area contributed by atoms with Crippen molar-refractivity contribution in [2.24, 2.45) is 0 Å². The third-order valence-corrected chi connectivity index (χ3v) is 8.77. The van der Waals surface area contributed by atoms with Gasteiger partial charge >= 0.3 is 0 Å². The Hall–Kier alpha value is -0.240. The molecule has 2 rings (SSSR count). The minimum atomic E-state index is 0.223. The van der Waals surface area contributed by atoms with E-state index in [4.69, 9.17) is 0 Å². The first-order chi connectivity index (χ1) is 16.9. The largest absolute Gasteiger partial charge is 0.301 e. The Labute approximate surface area is 232 Å². The van der Waals surface area contributed by atoms with Crippen LogP contribution in [0.15, 0.2) is 0 Å². The summed E-state index contributed by atoms with van der Waals surface area (Å²) in [6.45, 7) is 45.0. The second-order valence-corrected chi connectivity index (χ2v) is 15.7. The maximum absolute atomic E-state index is 2.75. The van der Waals surface area contributed by atoms with Gasteiger partial charge in [0.25, 0.3) is 0 Å². The van der Waals surface area contributed by atoms with E-state index in [2.05, 4.69) is 112 Å². The summed E-state index contributed by atoms with van der Waals surface area (Å²) < 4.78 is 0. The molecule has 2 aliphatic heterocycles. The Morgan fingerprint density at radius 3 is 0.703 bits per heavy atom. The van der Waals surface area contributed by atoms with Crippen LogP contribution < -0.4 is 0 Å². The molecule has 0 aliphatic carbocycles. The fraction of sp³-hybridized carbons (Fsp3) is 1.00. The van der Waals surface area contributed by atoms with E-state index in [1.807, 2.05) is 0 Å². The average Bonchev–Trinajstić information content (AvgIpc) is 2.90. The SMILES string of the molecule is CC(C)(C)N1CCN(CCCN2CCN(C(C)(C)C)CCN(C(C)(C)C)CC2)CCN(C(C)(C)C)CC1. The molecule has 0 spiro atoms. The molecule has 37 heavy (non-hydrogen) atoms. The Balaban J connectivity index is 2.01. The van der Waals surface area contributed by atoms with Crippen molar-refractivity contribution in [3.8, 4) is 0 Å². The molecule has 220 valence electrons. The quantitative estimate of drug-likeness (QED) is 0.541. The molecule has 0 radical (unpaired) electrons. The van der Waals surface area contributed by atoms with Crippen molar-refractivity contribution in [1.82, 2.24) is 29.4 Å². The molecule has 0 N–H and O–H groups in total. The molecule has 6 heteroatoms. The number of hydrogen-bond acceptors (Lipinski definition) is 6. The van der Waals surface area contributed by atoms with Crippen LogP contribution in [-0.4, -0.2) is 143 Å². The molecule has 0 aromatic rings. The maximum atomic E-state index is 2.75. The van der Waals surface area contributed by atoms with Gasteiger partial charge in [0.15, 0.2) is 0 Å². The van der Waals surface area contributed by atoms with Gasteiger partial charge in [-0.15, -0.1) is 0 Å². The molecule has 0 bridgehead atoms. The molecular weight excluding hydrogens is 456 g/mol. The highest BCUT2D eigenvalue weighted by Crippen LogP contribution is 2.20. The lowest BCUT2D eigenvalue weighted by Crippen LogP contribution is -2.50. The van der Waals surface area contributed by atoms with Gasteiger partial charge in [-0.2, -0.15) is 0 Å². The zero-order valence-electron chi connectivity index (χ0n) is 27.3. The van der Waals surface area contributed by atoms with Crippen LogP contribution in [-0.2, 0) is 0 Å². The average molecular weight is 523 g/mol. The number of hydrogen-bond donors (Lipinski definition) is 0. The van der Waals surface area contributed by atoms with Gasteiger partial charge in [-0.1, -0.05) is 0 Å². The van der Waals surface area contributed by atoms with Gasteiger partial charge in [-0.25, -0.2) is 0 Å². The van der Waals surface area contributed by atoms with E-state index in [1.165, 1.54) is 71.9 Å². The lowest BCUT2D eigenvalue weighted by Gasteiger charge is -2.39. The van der Waals surface area contributed by atoms with E-state index in [0.29, 0.717) is 0 Å². The standard InChI is InChI=1S/C31H66N6/c1-28(2,3)34-20-16-32(17-21-35(25-24-34)29(4,5)6)14-13-15-33-18-22-36(30(7,8)9)26-27-37(23-19-33)31(10,11)12/h13-27H2,1-12H3. The van der Waals surface area contributed by atoms with Crippen LogP contribution in [0, 0.1) is 0 Å². The van der Waals surface area contributed by atoms with E-state index in [9.17, 15) is 0 Å². The normalized spacial score (nSPS) is 23.7. The predicted molar refractivity (Wildman–Crippen MR) is 163 cm³/mol. The molecule has 2 fully saturated rings. The summed E-state index contributed by atoms with van der Waals surface area (Å²) in [5, 5.41) is 0. The van der Waals surface area contributed by atoms with Crippen LogP contribution in [0.5, 0.6) is 0 Å². The molecular formula is C31H66N6. The first kappa shape index (κ1) is 33.0. The minimum Gasteiger partial charge on any atom is -0.301 e. The zero-order valence-corrected chi connectivity index (χ0v) is 27.3. The van der Waals surface area contributed by atoms with Gasteiger partial charge in [-0.3, -0.25) is 19.6 Å². The molecule has 2 heterocycles. The van der Waals surface area contributed by atoms with Gasteiger partial charge in [0.05, 0.1) is 0 Å². The van der Waals surface area contributed by atoms with Crippen molar-refractivity contribution < 1.29 is 0 Å². The molecule has 0 aromatic carbocycles. The molecule has 2 aliphatic rings. The van der Waals surface area contributed by atoms with Crippen LogP contribution >= 0.6 is 0 Å². The van der Waals surface area contributed by atoms with E-state index in [1.54, 1.807) is 0 Å². The Kier molecular flexibility index (Phi) is 12.0. The van der Waals surface area contributed by atoms with Crippen LogP contribution in [0.4, 0.5) is 0 Å². The first-order valence-electron chi connectivity index (χ1n) is 15.3. The van der Waals surface area contributed by atoms with E-state index < -0.39 is 0 Å². The molecule has 0 aromatic heterocycles. The molecule has 0 amide bonds. The zero-order chi connectivity index (χ0) is 28.1. The fourth-order valence-corrected chi connectivity index (χ4v) is 5.85. The third kappa shape index (κ3) is 11.4. The lowest BCUT2D eigenvalue weighted by molar-refractivity contribution is 0.0891.